The van der Waals surface area contributed by atoms with Crippen LogP contribution in [0.1, 0.15) is 38.1 Å². The quantitative estimate of drug-likeness (QED) is 0.544. The van der Waals surface area contributed by atoms with Gasteiger partial charge in [-0.25, -0.2) is 0 Å². The summed E-state index contributed by atoms with van der Waals surface area (Å²) in [5, 5.41) is 0.906. The molecule has 0 bridgehead atoms. The SMILES string of the molecule is COC(OC)C1CCN(c2ccc3c(c2)-n2c(nc(=O)c4c(Cl)cccc42)C3(C)C)CC1. The molecule has 0 N–H and O–H groups in total. The molecule has 1 aromatic heterocycles. The highest BCUT2D eigenvalue weighted by molar-refractivity contribution is 6.35. The molecular weight excluding hydrogens is 426 g/mol. The Morgan fingerprint density at radius 2 is 1.84 bits per heavy atom. The number of nitrogens with zero attached hydrogens (tertiary/aromatic N) is 3. The van der Waals surface area contributed by atoms with Gasteiger partial charge in [0.25, 0.3) is 5.56 Å². The van der Waals surface area contributed by atoms with Gasteiger partial charge in [0.1, 0.15) is 5.82 Å². The monoisotopic (exact) mass is 453 g/mol. The number of ether oxygens (including phenoxy) is 2. The zero-order valence-corrected chi connectivity index (χ0v) is 19.6. The van der Waals surface area contributed by atoms with Crippen molar-refractivity contribution in [2.45, 2.75) is 38.4 Å². The molecule has 168 valence electrons. The molecule has 2 aromatic carbocycles. The van der Waals surface area contributed by atoms with E-state index in [0.29, 0.717) is 16.3 Å². The first-order valence-corrected chi connectivity index (χ1v) is 11.4. The lowest BCUT2D eigenvalue weighted by Crippen LogP contribution is -2.39. The van der Waals surface area contributed by atoms with Gasteiger partial charge >= 0.3 is 0 Å². The number of aromatic nitrogens is 2. The van der Waals surface area contributed by atoms with Crippen LogP contribution in [0.4, 0.5) is 5.69 Å². The lowest BCUT2D eigenvalue weighted by atomic mass is 9.85. The van der Waals surface area contributed by atoms with Crippen LogP contribution in [0.5, 0.6) is 0 Å². The number of anilines is 1. The summed E-state index contributed by atoms with van der Waals surface area (Å²) in [6, 6.07) is 12.2. The molecule has 0 spiro atoms. The van der Waals surface area contributed by atoms with Gasteiger partial charge in [-0.2, -0.15) is 4.98 Å². The van der Waals surface area contributed by atoms with Crippen LogP contribution in [0.3, 0.4) is 0 Å². The number of rotatable bonds is 4. The van der Waals surface area contributed by atoms with Crippen LogP contribution in [0, 0.1) is 5.92 Å². The van der Waals surface area contributed by atoms with E-state index in [1.54, 1.807) is 20.3 Å². The van der Waals surface area contributed by atoms with Crippen molar-refractivity contribution in [1.29, 1.82) is 0 Å². The molecule has 0 unspecified atom stereocenters. The van der Waals surface area contributed by atoms with Crippen molar-refractivity contribution in [1.82, 2.24) is 9.55 Å². The predicted octanol–water partition coefficient (Wildman–Crippen LogP) is 4.51. The van der Waals surface area contributed by atoms with E-state index in [-0.39, 0.29) is 17.3 Å². The maximum Gasteiger partial charge on any atom is 0.282 e. The number of halogens is 1. The minimum Gasteiger partial charge on any atom is -0.371 e. The van der Waals surface area contributed by atoms with E-state index in [1.165, 1.54) is 5.69 Å². The molecule has 2 aliphatic rings. The molecule has 6 nitrogen and oxygen atoms in total. The zero-order valence-electron chi connectivity index (χ0n) is 18.9. The lowest BCUT2D eigenvalue weighted by Gasteiger charge is -2.36. The van der Waals surface area contributed by atoms with Gasteiger partial charge in [-0.05, 0) is 56.5 Å². The third-order valence-corrected chi connectivity index (χ3v) is 7.39. The van der Waals surface area contributed by atoms with Gasteiger partial charge in [0.05, 0.1) is 27.0 Å². The Kier molecular flexibility index (Phi) is 5.27. The first-order chi connectivity index (χ1) is 15.4. The molecule has 5 rings (SSSR count). The van der Waals surface area contributed by atoms with E-state index in [9.17, 15) is 4.79 Å². The van der Waals surface area contributed by atoms with Crippen LogP contribution in [-0.2, 0) is 14.9 Å². The second kappa shape index (κ2) is 7.87. The fraction of sp³-hybridized carbons (Fsp3) is 0.440. The Balaban J connectivity index is 1.57. The highest BCUT2D eigenvalue weighted by atomic mass is 35.5. The smallest absolute Gasteiger partial charge is 0.282 e. The summed E-state index contributed by atoms with van der Waals surface area (Å²) in [4.78, 5) is 19.7. The molecule has 0 radical (unpaired) electrons. The number of hydrogen-bond donors (Lipinski definition) is 0. The Morgan fingerprint density at radius 3 is 2.53 bits per heavy atom. The van der Waals surface area contributed by atoms with Crippen molar-refractivity contribution in [2.75, 3.05) is 32.2 Å². The van der Waals surface area contributed by atoms with Crippen molar-refractivity contribution in [2.24, 2.45) is 5.92 Å². The number of fused-ring (bicyclic) bond motifs is 5. The van der Waals surface area contributed by atoms with E-state index < -0.39 is 0 Å². The van der Waals surface area contributed by atoms with E-state index in [2.05, 4.69) is 46.5 Å². The minimum absolute atomic E-state index is 0.149. The minimum atomic E-state index is -0.374. The van der Waals surface area contributed by atoms with E-state index >= 15 is 0 Å². The maximum absolute atomic E-state index is 12.8. The fourth-order valence-electron chi connectivity index (χ4n) is 5.35. The van der Waals surface area contributed by atoms with E-state index in [4.69, 9.17) is 21.1 Å². The molecule has 3 aromatic rings. The van der Waals surface area contributed by atoms with Gasteiger partial charge in [0, 0.05) is 38.9 Å². The Hall–Kier alpha value is -2.41. The normalized spacial score (nSPS) is 17.8. The molecule has 0 aliphatic carbocycles. The molecule has 2 aliphatic heterocycles. The van der Waals surface area contributed by atoms with Gasteiger partial charge in [0.2, 0.25) is 0 Å². The summed E-state index contributed by atoms with van der Waals surface area (Å²) >= 11 is 6.40. The maximum atomic E-state index is 12.8. The van der Waals surface area contributed by atoms with Crippen LogP contribution in [0.15, 0.2) is 41.2 Å². The fourth-order valence-corrected chi connectivity index (χ4v) is 5.60. The summed E-state index contributed by atoms with van der Waals surface area (Å²) in [5.74, 6) is 1.15. The number of piperidine rings is 1. The van der Waals surface area contributed by atoms with Crippen molar-refractivity contribution >= 4 is 28.2 Å². The highest BCUT2D eigenvalue weighted by Gasteiger charge is 2.39. The van der Waals surface area contributed by atoms with Crippen LogP contribution >= 0.6 is 11.6 Å². The molecule has 32 heavy (non-hydrogen) atoms. The number of hydrogen-bond acceptors (Lipinski definition) is 5. The summed E-state index contributed by atoms with van der Waals surface area (Å²) in [6.45, 7) is 6.12. The third kappa shape index (κ3) is 3.16. The summed E-state index contributed by atoms with van der Waals surface area (Å²) in [7, 11) is 3.41. The summed E-state index contributed by atoms with van der Waals surface area (Å²) in [6.07, 6.45) is 1.88. The molecule has 0 amide bonds. The first-order valence-electron chi connectivity index (χ1n) is 11.0. The highest BCUT2D eigenvalue weighted by Crippen LogP contribution is 2.44. The van der Waals surface area contributed by atoms with Gasteiger partial charge in [0.15, 0.2) is 6.29 Å². The van der Waals surface area contributed by atoms with Gasteiger partial charge < -0.3 is 14.4 Å². The van der Waals surface area contributed by atoms with Gasteiger partial charge in [-0.15, -0.1) is 0 Å². The van der Waals surface area contributed by atoms with Crippen molar-refractivity contribution in [3.8, 4) is 5.69 Å². The number of benzene rings is 2. The van der Waals surface area contributed by atoms with E-state index in [0.717, 1.165) is 48.5 Å². The third-order valence-electron chi connectivity index (χ3n) is 7.07. The average molecular weight is 454 g/mol. The topological polar surface area (TPSA) is 56.6 Å². The number of methoxy groups -OCH3 is 2. The molecule has 3 heterocycles. The van der Waals surface area contributed by atoms with Crippen molar-refractivity contribution in [3.63, 3.8) is 0 Å². The van der Waals surface area contributed by atoms with Crippen LogP contribution in [-0.4, -0.2) is 43.2 Å². The van der Waals surface area contributed by atoms with Crippen LogP contribution < -0.4 is 10.5 Å². The van der Waals surface area contributed by atoms with Gasteiger partial charge in [-0.3, -0.25) is 9.36 Å². The Labute approximate surface area is 192 Å². The molecule has 1 saturated heterocycles. The van der Waals surface area contributed by atoms with Crippen molar-refractivity contribution in [3.05, 3.63) is 63.2 Å². The first kappa shape index (κ1) is 21.4. The predicted molar refractivity (Wildman–Crippen MR) is 127 cm³/mol. The van der Waals surface area contributed by atoms with Crippen LogP contribution in [0.2, 0.25) is 5.02 Å². The molecule has 1 fully saturated rings. The molecular formula is C25H28ClN3O3. The Morgan fingerprint density at radius 1 is 1.12 bits per heavy atom. The molecule has 0 atom stereocenters. The summed E-state index contributed by atoms with van der Waals surface area (Å²) < 4.78 is 13.1. The summed E-state index contributed by atoms with van der Waals surface area (Å²) in [5.41, 5.74) is 3.56. The standard InChI is InChI=1S/C25H28ClN3O3/c1-25(2)17-9-8-16(28-12-10-15(11-13-28)23(31-3)32-4)14-20(17)29-19-7-5-6-18(26)21(19)22(30)27-24(25)29/h5-9,14-15,23H,10-13H2,1-4H3. The Bertz CT molecular complexity index is 1240. The zero-order chi connectivity index (χ0) is 22.6. The van der Waals surface area contributed by atoms with Gasteiger partial charge in [-0.1, -0.05) is 23.7 Å². The lowest BCUT2D eigenvalue weighted by molar-refractivity contribution is -0.141. The van der Waals surface area contributed by atoms with Crippen molar-refractivity contribution < 1.29 is 9.47 Å². The second-order valence-electron chi connectivity index (χ2n) is 9.20. The average Bonchev–Trinajstić information content (AvgIpc) is 3.01. The van der Waals surface area contributed by atoms with E-state index in [1.807, 2.05) is 12.1 Å². The molecule has 7 heteroatoms. The largest absolute Gasteiger partial charge is 0.371 e. The molecule has 0 saturated carbocycles. The van der Waals surface area contributed by atoms with Crippen LogP contribution in [0.25, 0.3) is 16.6 Å². The second-order valence-corrected chi connectivity index (χ2v) is 9.61.